The summed E-state index contributed by atoms with van der Waals surface area (Å²) in [5.41, 5.74) is -19.7. The number of esters is 6. The summed E-state index contributed by atoms with van der Waals surface area (Å²) in [6.07, 6.45) is -33.0. The minimum Gasteiger partial charge on any atom is -0.481 e. The maximum absolute atomic E-state index is 15.6. The Labute approximate surface area is 508 Å². The van der Waals surface area contributed by atoms with Crippen molar-refractivity contribution in [1.29, 1.82) is 0 Å². The van der Waals surface area contributed by atoms with Crippen LogP contribution in [0.4, 0.5) is 57.9 Å². The highest BCUT2D eigenvalue weighted by Gasteiger charge is 2.79. The summed E-state index contributed by atoms with van der Waals surface area (Å²) in [7, 11) is 0. The van der Waals surface area contributed by atoms with E-state index >= 15 is 44.3 Å². The first kappa shape index (κ1) is 75.7. The first-order valence-electron chi connectivity index (χ1n) is 29.0. The summed E-state index contributed by atoms with van der Waals surface area (Å²) < 4.78 is 212. The van der Waals surface area contributed by atoms with Crippen LogP contribution < -0.4 is 0 Å². The fraction of sp³-hybridized carbons (Fsp3) is 0.847. The van der Waals surface area contributed by atoms with Gasteiger partial charge in [0, 0.05) is 25.2 Å². The molecular formula is C59H83F11O19. The van der Waals surface area contributed by atoms with Gasteiger partial charge in [-0.2, -0.15) is 39.5 Å². The quantitative estimate of drug-likeness (QED) is 0.0457. The van der Waals surface area contributed by atoms with E-state index in [1.807, 2.05) is 0 Å². The van der Waals surface area contributed by atoms with Gasteiger partial charge in [-0.3, -0.25) is 28.8 Å². The molecule has 13 unspecified atom stereocenters. The van der Waals surface area contributed by atoms with E-state index in [9.17, 15) is 52.2 Å². The van der Waals surface area contributed by atoms with Gasteiger partial charge >= 0.3 is 78.2 Å². The third-order valence-electron chi connectivity index (χ3n) is 17.3. The van der Waals surface area contributed by atoms with Gasteiger partial charge in [-0.1, -0.05) is 13.8 Å². The molecule has 0 aromatic carbocycles. The van der Waals surface area contributed by atoms with Gasteiger partial charge in [-0.05, 0) is 177 Å². The first-order valence-corrected chi connectivity index (χ1v) is 29.0. The second-order valence-corrected chi connectivity index (χ2v) is 28.7. The molecule has 3 aliphatic carbocycles. The number of alkyl halides is 11. The summed E-state index contributed by atoms with van der Waals surface area (Å²) in [5.74, 6) is -26.4. The molecule has 1 aliphatic heterocycles. The molecular weight excluding hydrogens is 1220 g/mol. The number of rotatable bonds is 22. The molecule has 1 N–H and O–H groups in total. The fourth-order valence-corrected chi connectivity index (χ4v) is 13.5. The number of carbonyl (C=O) groups excluding carboxylic acids is 8. The average Bonchev–Trinajstić information content (AvgIpc) is 1.74. The SMILES string of the molecule is CCC(C)(C(=O)OC1CC(C(C)(OC(=O)OC(C)(C)C)C(F)(F)F)CC(C(OC(=O)OC(C)(C)C)(C(F)(F)F)C(F)(F)F)C1)C1C(=O)OC(=O)C1C1C2CC(C(=O)OC(C)(C)C)C(C2)C1CC(C)(CCC(=O)O)CC(C)(C)C(=O)OCC(=O)OCC(C)(F)F. The lowest BCUT2D eigenvalue weighted by Crippen LogP contribution is -2.67. The Hall–Kier alpha value is -5.74. The van der Waals surface area contributed by atoms with E-state index in [1.54, 1.807) is 27.7 Å². The van der Waals surface area contributed by atoms with Crippen molar-refractivity contribution in [3.8, 4) is 0 Å². The molecule has 4 fully saturated rings. The molecule has 30 heteroatoms. The van der Waals surface area contributed by atoms with E-state index in [0.717, 1.165) is 27.7 Å². The first-order chi connectivity index (χ1) is 39.9. The minimum atomic E-state index is -6.74. The topological polar surface area (TPSA) is 257 Å². The smallest absolute Gasteiger partial charge is 0.481 e. The molecule has 0 aromatic heterocycles. The van der Waals surface area contributed by atoms with Crippen LogP contribution in [0, 0.1) is 69.5 Å². The van der Waals surface area contributed by atoms with E-state index in [4.69, 9.17) is 33.2 Å². The number of hydrogen-bond acceptors (Lipinski definition) is 18. The zero-order chi connectivity index (χ0) is 68.8. The Morgan fingerprint density at radius 1 is 0.596 bits per heavy atom. The number of carbonyl (C=O) groups is 9. The second kappa shape index (κ2) is 26.1. The summed E-state index contributed by atoms with van der Waals surface area (Å²) >= 11 is 0. The number of carboxylic acid groups (broad SMARTS) is 1. The molecule has 19 nitrogen and oxygen atoms in total. The molecule has 89 heavy (non-hydrogen) atoms. The van der Waals surface area contributed by atoms with Gasteiger partial charge in [0.05, 0.1) is 28.6 Å². The summed E-state index contributed by atoms with van der Waals surface area (Å²) in [4.78, 5) is 123. The van der Waals surface area contributed by atoms with E-state index in [0.29, 0.717) is 6.92 Å². The molecule has 13 atom stereocenters. The normalized spacial score (nSPS) is 26.8. The van der Waals surface area contributed by atoms with E-state index in [-0.39, 0.29) is 39.0 Å². The molecule has 4 rings (SSSR count). The van der Waals surface area contributed by atoms with Crippen LogP contribution in [-0.2, 0) is 76.2 Å². The Morgan fingerprint density at radius 3 is 1.58 bits per heavy atom. The van der Waals surface area contributed by atoms with Gasteiger partial charge in [0.1, 0.15) is 22.9 Å². The lowest BCUT2D eigenvalue weighted by molar-refractivity contribution is -0.392. The lowest BCUT2D eigenvalue weighted by atomic mass is 9.57. The molecule has 3 saturated carbocycles. The van der Waals surface area contributed by atoms with Crippen LogP contribution in [0.3, 0.4) is 0 Å². The third kappa shape index (κ3) is 18.1. The second-order valence-electron chi connectivity index (χ2n) is 28.7. The molecule has 0 spiro atoms. The molecule has 4 aliphatic rings. The van der Waals surface area contributed by atoms with Gasteiger partial charge in [0.15, 0.2) is 13.2 Å². The highest BCUT2D eigenvalue weighted by atomic mass is 19.4. The van der Waals surface area contributed by atoms with Crippen molar-refractivity contribution < 1.29 is 139 Å². The van der Waals surface area contributed by atoms with Gasteiger partial charge < -0.3 is 47.7 Å². The van der Waals surface area contributed by atoms with Crippen LogP contribution in [0.15, 0.2) is 0 Å². The molecule has 0 aromatic rings. The van der Waals surface area contributed by atoms with E-state index < -0.39 is 227 Å². The number of hydrogen-bond donors (Lipinski definition) is 1. The van der Waals surface area contributed by atoms with Crippen molar-refractivity contribution in [1.82, 2.24) is 0 Å². The van der Waals surface area contributed by atoms with Gasteiger partial charge in [-0.25, -0.2) is 23.2 Å². The van der Waals surface area contributed by atoms with Gasteiger partial charge in [-0.15, -0.1) is 0 Å². The van der Waals surface area contributed by atoms with Crippen molar-refractivity contribution in [2.75, 3.05) is 13.2 Å². The van der Waals surface area contributed by atoms with Gasteiger partial charge in [0.25, 0.3) is 5.92 Å². The monoisotopic (exact) mass is 1300 g/mol. The van der Waals surface area contributed by atoms with Crippen LogP contribution in [0.25, 0.3) is 0 Å². The molecule has 0 radical (unpaired) electrons. The zero-order valence-corrected chi connectivity index (χ0v) is 52.7. The molecule has 0 amide bonds. The standard InChI is InChI=1S/C59H83F11O19/c1-17-53(14,45(78)83-32-23-30(55(16,57(62,63)64)88-46(79)86-49(5,6)7)22-31(24-32)56(58(65,66)67,59(68,69)70)89-47(80)87-50(8,9)10)40-39(42(75)84-43(40)76)38-29-20-33(34(21-29)41(74)85-48(2,3)4)35(38)25-52(13,19-18-36(71)72)27-51(11,12)44(77)81-26-37(73)82-28-54(15,60)61/h29-35,38-40H,17-28H2,1-16H3,(H,71,72). The van der Waals surface area contributed by atoms with Crippen molar-refractivity contribution in [2.45, 2.75) is 234 Å². The van der Waals surface area contributed by atoms with Crippen LogP contribution in [0.2, 0.25) is 0 Å². The van der Waals surface area contributed by atoms with Crippen LogP contribution in [0.1, 0.15) is 175 Å². The Morgan fingerprint density at radius 2 is 1.11 bits per heavy atom. The van der Waals surface area contributed by atoms with Crippen molar-refractivity contribution in [3.05, 3.63) is 0 Å². The Bertz CT molecular complexity index is 2630. The highest BCUT2D eigenvalue weighted by Crippen LogP contribution is 2.65. The van der Waals surface area contributed by atoms with Crippen molar-refractivity contribution >= 4 is 54.1 Å². The van der Waals surface area contributed by atoms with Crippen molar-refractivity contribution in [2.24, 2.45) is 69.5 Å². The van der Waals surface area contributed by atoms with Crippen LogP contribution in [-0.4, -0.2) is 131 Å². The van der Waals surface area contributed by atoms with E-state index in [2.05, 4.69) is 9.47 Å². The predicted octanol–water partition coefficient (Wildman–Crippen LogP) is 12.8. The lowest BCUT2D eigenvalue weighted by Gasteiger charge is -2.49. The number of aliphatic carboxylic acids is 1. The number of ether oxygens (including phenoxy) is 9. The summed E-state index contributed by atoms with van der Waals surface area (Å²) in [5, 5.41) is 9.99. The molecule has 1 heterocycles. The molecule has 510 valence electrons. The highest BCUT2D eigenvalue weighted by molar-refractivity contribution is 6.00. The number of carboxylic acids is 1. The van der Waals surface area contributed by atoms with E-state index in [1.165, 1.54) is 41.5 Å². The number of cyclic esters (lactones) is 2. The van der Waals surface area contributed by atoms with Crippen LogP contribution >= 0.6 is 0 Å². The Kier molecular flexibility index (Phi) is 22.2. The Balaban J connectivity index is 1.92. The largest absolute Gasteiger partial charge is 0.510 e. The number of fused-ring (bicyclic) bond motifs is 2. The summed E-state index contributed by atoms with van der Waals surface area (Å²) in [6.45, 7) is 16.3. The summed E-state index contributed by atoms with van der Waals surface area (Å²) in [6, 6.07) is 0. The van der Waals surface area contributed by atoms with Gasteiger partial charge in [0.2, 0.25) is 5.60 Å². The molecule has 1 saturated heterocycles. The predicted molar refractivity (Wildman–Crippen MR) is 284 cm³/mol. The third-order valence-corrected chi connectivity index (χ3v) is 17.3. The zero-order valence-electron chi connectivity index (χ0n) is 52.7. The maximum Gasteiger partial charge on any atom is 0.510 e. The fourth-order valence-electron chi connectivity index (χ4n) is 13.5. The minimum absolute atomic E-state index is 0.0117. The maximum atomic E-state index is 15.6. The average molecular weight is 1310 g/mol. The molecule has 2 bridgehead atoms. The number of halogens is 11. The van der Waals surface area contributed by atoms with Crippen molar-refractivity contribution in [3.63, 3.8) is 0 Å². The van der Waals surface area contributed by atoms with Crippen LogP contribution in [0.5, 0.6) is 0 Å².